The van der Waals surface area contributed by atoms with Crippen LogP contribution in [0.4, 0.5) is 0 Å². The third-order valence-corrected chi connectivity index (χ3v) is 5.66. The number of aliphatic hydroxyl groups excluding tert-OH is 1. The van der Waals surface area contributed by atoms with Gasteiger partial charge in [0.25, 0.3) is 11.7 Å². The summed E-state index contributed by atoms with van der Waals surface area (Å²) in [7, 11) is 0. The topological polar surface area (TPSA) is 76.1 Å². The van der Waals surface area contributed by atoms with Crippen molar-refractivity contribution in [2.45, 2.75) is 45.8 Å². The number of fused-ring (bicyclic) bond motifs is 1. The molecule has 6 heteroatoms. The quantitative estimate of drug-likeness (QED) is 0.429. The normalized spacial score (nSPS) is 21.8. The minimum absolute atomic E-state index is 0.0730. The van der Waals surface area contributed by atoms with Gasteiger partial charge in [-0.15, -0.1) is 0 Å². The van der Waals surface area contributed by atoms with E-state index in [0.29, 0.717) is 30.9 Å². The molecule has 2 aliphatic heterocycles. The second-order valence-electron chi connectivity index (χ2n) is 7.95. The molecule has 2 heterocycles. The first-order valence-electron chi connectivity index (χ1n) is 10.8. The van der Waals surface area contributed by atoms with Crippen LogP contribution in [-0.2, 0) is 16.0 Å². The van der Waals surface area contributed by atoms with Crippen LogP contribution in [0.15, 0.2) is 48.0 Å². The summed E-state index contributed by atoms with van der Waals surface area (Å²) in [5, 5.41) is 11.2. The maximum absolute atomic E-state index is 13.0. The first-order valence-corrected chi connectivity index (χ1v) is 10.8. The van der Waals surface area contributed by atoms with Gasteiger partial charge in [-0.1, -0.05) is 19.1 Å². The van der Waals surface area contributed by atoms with Crippen LogP contribution >= 0.6 is 0 Å². The third-order valence-electron chi connectivity index (χ3n) is 5.66. The number of hydrogen-bond donors (Lipinski definition) is 1. The molecule has 1 amide bonds. The van der Waals surface area contributed by atoms with Crippen molar-refractivity contribution in [2.24, 2.45) is 0 Å². The van der Waals surface area contributed by atoms with Crippen molar-refractivity contribution >= 4 is 17.4 Å². The lowest BCUT2D eigenvalue weighted by Crippen LogP contribution is -2.30. The molecule has 2 aromatic rings. The first-order chi connectivity index (χ1) is 14.9. The summed E-state index contributed by atoms with van der Waals surface area (Å²) in [6.07, 6.45) is 1.51. The van der Waals surface area contributed by atoms with Gasteiger partial charge in [0.1, 0.15) is 23.4 Å². The molecule has 0 aliphatic carbocycles. The van der Waals surface area contributed by atoms with Crippen molar-refractivity contribution in [3.63, 3.8) is 0 Å². The molecule has 2 atom stereocenters. The van der Waals surface area contributed by atoms with Gasteiger partial charge >= 0.3 is 0 Å². The molecule has 0 radical (unpaired) electrons. The zero-order valence-electron chi connectivity index (χ0n) is 18.1. The molecule has 0 spiro atoms. The van der Waals surface area contributed by atoms with Crippen LogP contribution in [0, 0.1) is 0 Å². The molecule has 2 unspecified atom stereocenters. The zero-order chi connectivity index (χ0) is 22.1. The van der Waals surface area contributed by atoms with Gasteiger partial charge in [0, 0.05) is 18.5 Å². The second-order valence-corrected chi connectivity index (χ2v) is 7.95. The predicted molar refractivity (Wildman–Crippen MR) is 117 cm³/mol. The maximum atomic E-state index is 13.0. The van der Waals surface area contributed by atoms with Crippen LogP contribution in [0.1, 0.15) is 49.9 Å². The molecule has 0 saturated carbocycles. The summed E-state index contributed by atoms with van der Waals surface area (Å²) >= 11 is 0. The Bertz CT molecular complexity index is 1060. The highest BCUT2D eigenvalue weighted by Gasteiger charge is 2.45. The number of ether oxygens (including phenoxy) is 2. The van der Waals surface area contributed by atoms with Crippen molar-refractivity contribution in [3.8, 4) is 11.5 Å². The van der Waals surface area contributed by atoms with Gasteiger partial charge in [-0.2, -0.15) is 0 Å². The number of carbonyl (C=O) groups excluding carboxylic acids is 2. The highest BCUT2D eigenvalue weighted by Crippen LogP contribution is 2.41. The number of nitrogens with zero attached hydrogens (tertiary/aromatic N) is 1. The lowest BCUT2D eigenvalue weighted by atomic mass is 9.94. The highest BCUT2D eigenvalue weighted by atomic mass is 16.5. The molecule has 1 N–H and O–H groups in total. The lowest BCUT2D eigenvalue weighted by molar-refractivity contribution is -0.139. The van der Waals surface area contributed by atoms with Gasteiger partial charge in [-0.3, -0.25) is 9.59 Å². The zero-order valence-corrected chi connectivity index (χ0v) is 18.1. The van der Waals surface area contributed by atoms with Gasteiger partial charge in [0.15, 0.2) is 0 Å². The Hall–Kier alpha value is -3.28. The average Bonchev–Trinajstić information content (AvgIpc) is 3.25. The van der Waals surface area contributed by atoms with Crippen molar-refractivity contribution in [1.82, 2.24) is 4.90 Å². The predicted octanol–water partition coefficient (Wildman–Crippen LogP) is 4.24. The van der Waals surface area contributed by atoms with E-state index in [1.165, 1.54) is 4.90 Å². The van der Waals surface area contributed by atoms with Crippen molar-refractivity contribution < 1.29 is 24.2 Å². The number of Topliss-reactive ketones (excluding diaryl/α,β-unsaturated/α-hetero) is 1. The first kappa shape index (κ1) is 21.0. The molecule has 0 aromatic heterocycles. The maximum Gasteiger partial charge on any atom is 0.295 e. The summed E-state index contributed by atoms with van der Waals surface area (Å²) in [4.78, 5) is 27.4. The molecule has 162 valence electrons. The van der Waals surface area contributed by atoms with Gasteiger partial charge in [-0.05, 0) is 61.7 Å². The number of aliphatic hydroxyl groups is 1. The Morgan fingerprint density at radius 2 is 2.00 bits per heavy atom. The molecule has 1 saturated heterocycles. The minimum atomic E-state index is -0.664. The van der Waals surface area contributed by atoms with Crippen molar-refractivity contribution in [2.75, 3.05) is 13.2 Å². The smallest absolute Gasteiger partial charge is 0.295 e. The van der Waals surface area contributed by atoms with E-state index >= 15 is 0 Å². The fourth-order valence-corrected chi connectivity index (χ4v) is 4.36. The van der Waals surface area contributed by atoms with Crippen LogP contribution in [0.5, 0.6) is 11.5 Å². The Morgan fingerprint density at radius 1 is 1.19 bits per heavy atom. The fraction of sp³-hybridized carbons (Fsp3) is 0.360. The van der Waals surface area contributed by atoms with Crippen LogP contribution < -0.4 is 9.47 Å². The Labute approximate surface area is 182 Å². The number of rotatable bonds is 6. The lowest BCUT2D eigenvalue weighted by Gasteiger charge is -2.25. The number of likely N-dealkylation sites (tertiary alicyclic amines) is 1. The van der Waals surface area contributed by atoms with E-state index in [2.05, 4.69) is 0 Å². The van der Waals surface area contributed by atoms with E-state index in [1.807, 2.05) is 51.1 Å². The van der Waals surface area contributed by atoms with Gasteiger partial charge in [0.2, 0.25) is 0 Å². The molecule has 31 heavy (non-hydrogen) atoms. The van der Waals surface area contributed by atoms with Crippen molar-refractivity contribution in [3.05, 3.63) is 64.7 Å². The van der Waals surface area contributed by atoms with E-state index in [0.717, 1.165) is 23.3 Å². The number of ketones is 1. The largest absolute Gasteiger partial charge is 0.507 e. The molecule has 1 fully saturated rings. The number of benzene rings is 2. The molecule has 2 aromatic carbocycles. The Morgan fingerprint density at radius 3 is 2.74 bits per heavy atom. The fourth-order valence-electron chi connectivity index (χ4n) is 4.36. The molecule has 6 nitrogen and oxygen atoms in total. The Kier molecular flexibility index (Phi) is 5.72. The summed E-state index contributed by atoms with van der Waals surface area (Å²) in [5.41, 5.74) is 2.34. The van der Waals surface area contributed by atoms with Crippen LogP contribution in [0.25, 0.3) is 5.76 Å². The third kappa shape index (κ3) is 3.78. The van der Waals surface area contributed by atoms with E-state index in [1.54, 1.807) is 12.1 Å². The van der Waals surface area contributed by atoms with Gasteiger partial charge in [0.05, 0.1) is 18.2 Å². The van der Waals surface area contributed by atoms with Crippen LogP contribution in [0.3, 0.4) is 0 Å². The summed E-state index contributed by atoms with van der Waals surface area (Å²) in [6.45, 7) is 6.76. The SMILES string of the molecule is CCCN1C(=O)C(=O)/C(=C(\O)c2ccc3c(c2)CC(C)O3)C1c1cccc(OCC)c1. The van der Waals surface area contributed by atoms with Crippen LogP contribution in [-0.4, -0.2) is 41.0 Å². The number of amides is 1. The van der Waals surface area contributed by atoms with Gasteiger partial charge in [-0.25, -0.2) is 0 Å². The molecular formula is C25H27NO5. The molecule has 4 rings (SSSR count). The standard InChI is InChI=1S/C25H27NO5/c1-4-11-26-22(16-7-6-8-19(14-16)30-5-2)21(24(28)25(26)29)23(27)17-9-10-20-18(13-17)12-15(3)31-20/h6-10,13-15,22,27H,4-5,11-12H2,1-3H3/b23-21-. The number of carbonyl (C=O) groups is 2. The summed E-state index contributed by atoms with van der Waals surface area (Å²) in [5.74, 6) is 0.0320. The minimum Gasteiger partial charge on any atom is -0.507 e. The van der Waals surface area contributed by atoms with E-state index in [4.69, 9.17) is 9.47 Å². The molecule has 0 bridgehead atoms. The number of hydrogen-bond acceptors (Lipinski definition) is 5. The summed E-state index contributed by atoms with van der Waals surface area (Å²) in [6, 6.07) is 12.1. The monoisotopic (exact) mass is 421 g/mol. The average molecular weight is 421 g/mol. The second kappa shape index (κ2) is 8.46. The van der Waals surface area contributed by atoms with E-state index < -0.39 is 17.7 Å². The van der Waals surface area contributed by atoms with Crippen molar-refractivity contribution in [1.29, 1.82) is 0 Å². The molecular weight excluding hydrogens is 394 g/mol. The highest BCUT2D eigenvalue weighted by molar-refractivity contribution is 6.46. The molecule has 2 aliphatic rings. The van der Waals surface area contributed by atoms with E-state index in [-0.39, 0.29) is 17.4 Å². The van der Waals surface area contributed by atoms with Crippen LogP contribution in [0.2, 0.25) is 0 Å². The van der Waals surface area contributed by atoms with Gasteiger partial charge < -0.3 is 19.5 Å². The Balaban J connectivity index is 1.83. The van der Waals surface area contributed by atoms with E-state index in [9.17, 15) is 14.7 Å². The summed E-state index contributed by atoms with van der Waals surface area (Å²) < 4.78 is 11.4.